The maximum atomic E-state index is 14.7. The number of hydrogen-bond donors (Lipinski definition) is 3. The minimum atomic E-state index is -0.677. The summed E-state index contributed by atoms with van der Waals surface area (Å²) in [4.78, 5) is 29.6. The molecule has 0 saturated carbocycles. The van der Waals surface area contributed by atoms with Crippen LogP contribution in [0.25, 0.3) is 0 Å². The van der Waals surface area contributed by atoms with Crippen LogP contribution in [0.3, 0.4) is 0 Å². The van der Waals surface area contributed by atoms with Crippen molar-refractivity contribution in [1.29, 1.82) is 0 Å². The molecule has 3 aromatic rings. The van der Waals surface area contributed by atoms with Gasteiger partial charge in [0, 0.05) is 55.1 Å². The Balaban J connectivity index is 1.86. The number of aromatic hydroxyl groups is 2. The second-order valence-electron chi connectivity index (χ2n) is 9.07. The van der Waals surface area contributed by atoms with Gasteiger partial charge < -0.3 is 20.8 Å². The van der Waals surface area contributed by atoms with Crippen molar-refractivity contribution in [3.8, 4) is 11.5 Å². The Morgan fingerprint density at radius 1 is 0.914 bits per heavy atom. The number of nitrogens with two attached hydrogens (primary N) is 1. The summed E-state index contributed by atoms with van der Waals surface area (Å²) in [6.07, 6.45) is 0. The number of rotatable bonds is 7. The lowest BCUT2D eigenvalue weighted by Crippen LogP contribution is -2.51. The normalized spacial score (nSPS) is 20.5. The predicted octanol–water partition coefficient (Wildman–Crippen LogP) is 3.90. The van der Waals surface area contributed by atoms with Crippen molar-refractivity contribution >= 4 is 11.6 Å². The van der Waals surface area contributed by atoms with Crippen molar-refractivity contribution in [3.05, 3.63) is 94.8 Å². The van der Waals surface area contributed by atoms with Crippen LogP contribution < -0.4 is 5.73 Å². The van der Waals surface area contributed by atoms with Gasteiger partial charge in [-0.3, -0.25) is 9.59 Å². The van der Waals surface area contributed by atoms with E-state index >= 15 is 0 Å². The van der Waals surface area contributed by atoms with Crippen LogP contribution in [0.2, 0.25) is 0 Å². The fourth-order valence-corrected chi connectivity index (χ4v) is 5.16. The van der Waals surface area contributed by atoms with Gasteiger partial charge in [-0.25, -0.2) is 4.39 Å². The molecule has 0 amide bonds. The first-order chi connectivity index (χ1) is 16.8. The number of carbonyl (C=O) groups excluding carboxylic acids is 2. The van der Waals surface area contributed by atoms with Crippen LogP contribution in [0.4, 0.5) is 4.39 Å². The van der Waals surface area contributed by atoms with Gasteiger partial charge in [0.15, 0.2) is 11.6 Å². The van der Waals surface area contributed by atoms with Crippen molar-refractivity contribution in [2.45, 2.75) is 12.8 Å². The average molecular weight is 477 g/mol. The highest BCUT2D eigenvalue weighted by Crippen LogP contribution is 2.42. The Morgan fingerprint density at radius 3 is 1.91 bits per heavy atom. The zero-order valence-corrected chi connectivity index (χ0v) is 19.5. The Hall–Kier alpha value is -3.55. The number of piperidine rings is 1. The third kappa shape index (κ3) is 5.11. The van der Waals surface area contributed by atoms with Crippen LogP contribution in [0.15, 0.2) is 66.7 Å². The van der Waals surface area contributed by atoms with E-state index in [1.54, 1.807) is 43.3 Å². The van der Waals surface area contributed by atoms with Crippen molar-refractivity contribution in [2.75, 3.05) is 26.2 Å². The number of phenolic OH excluding ortho intramolecular Hbond substituents is 2. The molecule has 4 N–H and O–H groups in total. The zero-order chi connectivity index (χ0) is 25.1. The summed E-state index contributed by atoms with van der Waals surface area (Å²) in [5, 5.41) is 19.9. The standard InChI is InChI=1S/C28H29FN2O4/c1-17-22(9-4-10-25(17)29)26-23(27(34)18-5-2-7-20(32)13-18)15-31(12-11-30)16-24(26)28(35)19-6-3-8-21(33)14-19/h2-10,13-14,23-24,26,32-33H,11-12,15-16,30H2,1H3. The fraction of sp³-hybridized carbons (Fsp3) is 0.286. The number of hydrogen-bond acceptors (Lipinski definition) is 6. The summed E-state index contributed by atoms with van der Waals surface area (Å²) in [6.45, 7) is 3.18. The van der Waals surface area contributed by atoms with Gasteiger partial charge in [-0.1, -0.05) is 36.4 Å². The molecule has 7 heteroatoms. The molecule has 1 heterocycles. The topological polar surface area (TPSA) is 104 Å². The third-order valence-electron chi connectivity index (χ3n) is 6.83. The van der Waals surface area contributed by atoms with Crippen molar-refractivity contribution in [1.82, 2.24) is 4.90 Å². The predicted molar refractivity (Wildman–Crippen MR) is 131 cm³/mol. The van der Waals surface area contributed by atoms with Gasteiger partial charge in [-0.2, -0.15) is 0 Å². The largest absolute Gasteiger partial charge is 0.508 e. The van der Waals surface area contributed by atoms with Gasteiger partial charge in [0.25, 0.3) is 0 Å². The van der Waals surface area contributed by atoms with Crippen LogP contribution in [0, 0.1) is 24.6 Å². The first kappa shape index (κ1) is 24.6. The quantitative estimate of drug-likeness (QED) is 0.447. The lowest BCUT2D eigenvalue weighted by molar-refractivity contribution is 0.0578. The summed E-state index contributed by atoms with van der Waals surface area (Å²) in [7, 11) is 0. The van der Waals surface area contributed by atoms with E-state index in [0.29, 0.717) is 48.4 Å². The van der Waals surface area contributed by atoms with E-state index < -0.39 is 23.6 Å². The Bertz CT molecular complexity index is 1180. The highest BCUT2D eigenvalue weighted by Gasteiger charge is 2.45. The molecule has 4 rings (SSSR count). The second-order valence-corrected chi connectivity index (χ2v) is 9.07. The molecule has 2 unspecified atom stereocenters. The Morgan fingerprint density at radius 2 is 1.43 bits per heavy atom. The van der Waals surface area contributed by atoms with Gasteiger partial charge >= 0.3 is 0 Å². The maximum Gasteiger partial charge on any atom is 0.167 e. The third-order valence-corrected chi connectivity index (χ3v) is 6.83. The van der Waals surface area contributed by atoms with E-state index in [4.69, 9.17) is 5.73 Å². The van der Waals surface area contributed by atoms with Crippen LogP contribution in [0.1, 0.15) is 37.8 Å². The maximum absolute atomic E-state index is 14.7. The summed E-state index contributed by atoms with van der Waals surface area (Å²) >= 11 is 0. The van der Waals surface area contributed by atoms with Crippen molar-refractivity contribution < 1.29 is 24.2 Å². The number of ketones is 2. The molecule has 0 radical (unpaired) electrons. The first-order valence-electron chi connectivity index (χ1n) is 11.6. The summed E-state index contributed by atoms with van der Waals surface area (Å²) in [5.74, 6) is -2.89. The van der Waals surface area contributed by atoms with Crippen LogP contribution in [-0.2, 0) is 0 Å². The van der Waals surface area contributed by atoms with Gasteiger partial charge in [-0.15, -0.1) is 0 Å². The molecule has 0 bridgehead atoms. The number of halogens is 1. The number of phenols is 2. The Labute approximate surface area is 203 Å². The highest BCUT2D eigenvalue weighted by atomic mass is 19.1. The number of nitrogens with zero attached hydrogens (tertiary/aromatic N) is 1. The second kappa shape index (κ2) is 10.4. The molecular weight excluding hydrogens is 447 g/mol. The van der Waals surface area contributed by atoms with E-state index in [-0.39, 0.29) is 23.1 Å². The molecule has 6 nitrogen and oxygen atoms in total. The van der Waals surface area contributed by atoms with E-state index in [1.807, 2.05) is 4.90 Å². The molecule has 1 fully saturated rings. The number of Topliss-reactive ketones (excluding diaryl/α,β-unsaturated/α-hetero) is 2. The summed E-state index contributed by atoms with van der Waals surface area (Å²) in [6, 6.07) is 17.0. The molecule has 1 aliphatic rings. The first-order valence-corrected chi connectivity index (χ1v) is 11.6. The van der Waals surface area contributed by atoms with Gasteiger partial charge in [0.2, 0.25) is 0 Å². The number of likely N-dealkylation sites (tertiary alicyclic amines) is 1. The lowest BCUT2D eigenvalue weighted by atomic mass is 9.68. The fourth-order valence-electron chi connectivity index (χ4n) is 5.16. The van der Waals surface area contributed by atoms with Crippen LogP contribution >= 0.6 is 0 Å². The number of benzene rings is 3. The van der Waals surface area contributed by atoms with E-state index in [1.165, 1.54) is 30.3 Å². The molecule has 0 aromatic heterocycles. The smallest absolute Gasteiger partial charge is 0.167 e. The molecule has 35 heavy (non-hydrogen) atoms. The molecule has 1 saturated heterocycles. The van der Waals surface area contributed by atoms with Crippen LogP contribution in [0.5, 0.6) is 11.5 Å². The van der Waals surface area contributed by atoms with Gasteiger partial charge in [0.05, 0.1) is 0 Å². The van der Waals surface area contributed by atoms with Crippen molar-refractivity contribution in [2.24, 2.45) is 17.6 Å². The monoisotopic (exact) mass is 476 g/mol. The van der Waals surface area contributed by atoms with E-state index in [2.05, 4.69) is 0 Å². The Kier molecular flexibility index (Phi) is 7.28. The van der Waals surface area contributed by atoms with Crippen LogP contribution in [-0.4, -0.2) is 52.9 Å². The average Bonchev–Trinajstić information content (AvgIpc) is 2.85. The molecule has 0 aliphatic carbocycles. The van der Waals surface area contributed by atoms with E-state index in [0.717, 1.165) is 0 Å². The summed E-state index contributed by atoms with van der Waals surface area (Å²) in [5.41, 5.74) is 7.48. The number of carbonyl (C=O) groups is 2. The lowest BCUT2D eigenvalue weighted by Gasteiger charge is -2.43. The molecule has 2 atom stereocenters. The minimum absolute atomic E-state index is 0.0312. The highest BCUT2D eigenvalue weighted by molar-refractivity contribution is 6.02. The van der Waals surface area contributed by atoms with Gasteiger partial charge in [0.1, 0.15) is 17.3 Å². The molecule has 182 valence electrons. The molecular formula is C28H29FN2O4. The SMILES string of the molecule is Cc1c(F)cccc1C1C(C(=O)c2cccc(O)c2)CN(CCN)CC1C(=O)c1cccc(O)c1. The zero-order valence-electron chi connectivity index (χ0n) is 19.5. The molecule has 3 aromatic carbocycles. The molecule has 0 spiro atoms. The minimum Gasteiger partial charge on any atom is -0.508 e. The molecule has 1 aliphatic heterocycles. The van der Waals surface area contributed by atoms with E-state index in [9.17, 15) is 24.2 Å². The summed E-state index contributed by atoms with van der Waals surface area (Å²) < 4.78 is 14.7. The van der Waals surface area contributed by atoms with Crippen molar-refractivity contribution in [3.63, 3.8) is 0 Å². The van der Waals surface area contributed by atoms with Gasteiger partial charge in [-0.05, 0) is 48.4 Å².